The summed E-state index contributed by atoms with van der Waals surface area (Å²) in [7, 11) is 0. The summed E-state index contributed by atoms with van der Waals surface area (Å²) in [5, 5.41) is 0. The van der Waals surface area contributed by atoms with Crippen molar-refractivity contribution in [2.75, 3.05) is 0 Å². The Kier molecular flexibility index (Phi) is 2.99. The molecule has 3 nitrogen and oxygen atoms in total. The number of rotatable bonds is 2. The lowest BCUT2D eigenvalue weighted by Gasteiger charge is -2.28. The maximum atomic E-state index is 5.99. The van der Waals surface area contributed by atoms with Crippen LogP contribution in [0.4, 0.5) is 0 Å². The third-order valence-electron chi connectivity index (χ3n) is 2.69. The lowest BCUT2D eigenvalue weighted by Crippen LogP contribution is -2.41. The Morgan fingerprint density at radius 3 is 2.64 bits per heavy atom. The first-order valence-corrected chi connectivity index (χ1v) is 5.18. The van der Waals surface area contributed by atoms with Gasteiger partial charge in [-0.1, -0.05) is 6.42 Å². The van der Waals surface area contributed by atoms with E-state index >= 15 is 0 Å². The summed E-state index contributed by atoms with van der Waals surface area (Å²) < 4.78 is 5.80. The fourth-order valence-electron chi connectivity index (χ4n) is 1.86. The van der Waals surface area contributed by atoms with Gasteiger partial charge in [-0.2, -0.15) is 0 Å². The quantitative estimate of drug-likeness (QED) is 0.776. The maximum Gasteiger partial charge on any atom is 0.122 e. The van der Waals surface area contributed by atoms with E-state index in [1.807, 2.05) is 12.1 Å². The van der Waals surface area contributed by atoms with Crippen LogP contribution in [0.15, 0.2) is 24.5 Å². The Labute approximate surface area is 84.3 Å². The molecule has 2 rings (SSSR count). The van der Waals surface area contributed by atoms with Crippen molar-refractivity contribution in [2.24, 2.45) is 5.73 Å². The van der Waals surface area contributed by atoms with Crippen molar-refractivity contribution in [3.63, 3.8) is 0 Å². The molecule has 0 radical (unpaired) electrons. The van der Waals surface area contributed by atoms with E-state index in [1.54, 1.807) is 12.4 Å². The largest absolute Gasteiger partial charge is 0.489 e. The van der Waals surface area contributed by atoms with Crippen LogP contribution in [0.1, 0.15) is 25.7 Å². The highest BCUT2D eigenvalue weighted by atomic mass is 16.5. The number of aromatic nitrogens is 1. The Hall–Kier alpha value is -1.09. The average molecular weight is 192 g/mol. The van der Waals surface area contributed by atoms with E-state index in [9.17, 15) is 0 Å². The fraction of sp³-hybridized carbons (Fsp3) is 0.545. The van der Waals surface area contributed by atoms with Gasteiger partial charge in [0.15, 0.2) is 0 Å². The van der Waals surface area contributed by atoms with Crippen LogP contribution in [0.25, 0.3) is 0 Å². The zero-order valence-electron chi connectivity index (χ0n) is 8.23. The predicted octanol–water partition coefficient (Wildman–Crippen LogP) is 1.73. The number of pyridine rings is 1. The minimum Gasteiger partial charge on any atom is -0.489 e. The van der Waals surface area contributed by atoms with E-state index in [0.717, 1.165) is 18.6 Å². The summed E-state index contributed by atoms with van der Waals surface area (Å²) in [6.07, 6.45) is 8.28. The van der Waals surface area contributed by atoms with Crippen LogP contribution < -0.4 is 10.5 Å². The zero-order chi connectivity index (χ0) is 9.80. The Bertz CT molecular complexity index is 276. The number of hydrogen-bond donors (Lipinski definition) is 1. The highest BCUT2D eigenvalue weighted by Crippen LogP contribution is 2.22. The molecule has 1 aromatic heterocycles. The standard InChI is InChI=1S/C11H16N2O/c12-10-3-1-2-4-11(10)14-9-5-7-13-8-6-9/h5-8,10-11H,1-4,12H2/t10-,11-/m1/s1. The van der Waals surface area contributed by atoms with Crippen LogP contribution in [0.2, 0.25) is 0 Å². The third-order valence-corrected chi connectivity index (χ3v) is 2.69. The molecule has 14 heavy (non-hydrogen) atoms. The molecule has 1 fully saturated rings. The van der Waals surface area contributed by atoms with E-state index in [4.69, 9.17) is 10.5 Å². The van der Waals surface area contributed by atoms with E-state index < -0.39 is 0 Å². The van der Waals surface area contributed by atoms with Crippen LogP contribution in [-0.4, -0.2) is 17.1 Å². The van der Waals surface area contributed by atoms with E-state index in [-0.39, 0.29) is 12.1 Å². The molecule has 1 aliphatic carbocycles. The molecule has 76 valence electrons. The van der Waals surface area contributed by atoms with Crippen molar-refractivity contribution in [3.05, 3.63) is 24.5 Å². The van der Waals surface area contributed by atoms with Crippen molar-refractivity contribution in [3.8, 4) is 5.75 Å². The van der Waals surface area contributed by atoms with Gasteiger partial charge in [-0.05, 0) is 31.4 Å². The summed E-state index contributed by atoms with van der Waals surface area (Å²) in [6.45, 7) is 0. The van der Waals surface area contributed by atoms with Crippen LogP contribution in [0, 0.1) is 0 Å². The molecule has 3 heteroatoms. The second-order valence-electron chi connectivity index (χ2n) is 3.79. The summed E-state index contributed by atoms with van der Waals surface area (Å²) in [5.41, 5.74) is 5.99. The first-order chi connectivity index (χ1) is 6.86. The molecule has 0 spiro atoms. The second-order valence-corrected chi connectivity index (χ2v) is 3.79. The van der Waals surface area contributed by atoms with Crippen molar-refractivity contribution >= 4 is 0 Å². The molecule has 0 bridgehead atoms. The Morgan fingerprint density at radius 1 is 1.21 bits per heavy atom. The molecule has 0 aliphatic heterocycles. The summed E-state index contributed by atoms with van der Waals surface area (Å²) in [6, 6.07) is 3.94. The minimum absolute atomic E-state index is 0.186. The highest BCUT2D eigenvalue weighted by Gasteiger charge is 2.23. The van der Waals surface area contributed by atoms with Gasteiger partial charge in [-0.25, -0.2) is 0 Å². The number of ether oxygens (including phenoxy) is 1. The van der Waals surface area contributed by atoms with Crippen molar-refractivity contribution in [2.45, 2.75) is 37.8 Å². The number of hydrogen-bond acceptors (Lipinski definition) is 3. The van der Waals surface area contributed by atoms with Crippen LogP contribution in [0.3, 0.4) is 0 Å². The number of nitrogens with zero attached hydrogens (tertiary/aromatic N) is 1. The van der Waals surface area contributed by atoms with Gasteiger partial charge < -0.3 is 10.5 Å². The molecule has 1 aliphatic rings. The van der Waals surface area contributed by atoms with Gasteiger partial charge in [-0.3, -0.25) is 4.98 Å². The van der Waals surface area contributed by atoms with E-state index in [1.165, 1.54) is 12.8 Å². The van der Waals surface area contributed by atoms with Crippen molar-refractivity contribution in [1.82, 2.24) is 4.98 Å². The van der Waals surface area contributed by atoms with Gasteiger partial charge in [0.25, 0.3) is 0 Å². The molecular formula is C11H16N2O. The fourth-order valence-corrected chi connectivity index (χ4v) is 1.86. The SMILES string of the molecule is N[C@@H]1CCCC[C@H]1Oc1ccncc1. The highest BCUT2D eigenvalue weighted by molar-refractivity contribution is 5.17. The Balaban J connectivity index is 1.96. The van der Waals surface area contributed by atoms with Gasteiger partial charge in [0, 0.05) is 18.4 Å². The lowest BCUT2D eigenvalue weighted by molar-refractivity contribution is 0.132. The van der Waals surface area contributed by atoms with Crippen LogP contribution in [0.5, 0.6) is 5.75 Å². The average Bonchev–Trinajstić information content (AvgIpc) is 2.23. The van der Waals surface area contributed by atoms with E-state index in [0.29, 0.717) is 0 Å². The zero-order valence-corrected chi connectivity index (χ0v) is 8.23. The lowest BCUT2D eigenvalue weighted by atomic mass is 9.93. The van der Waals surface area contributed by atoms with Gasteiger partial charge in [0.1, 0.15) is 11.9 Å². The molecule has 2 atom stereocenters. The molecule has 1 aromatic rings. The van der Waals surface area contributed by atoms with Crippen LogP contribution >= 0.6 is 0 Å². The summed E-state index contributed by atoms with van der Waals surface area (Å²) in [5.74, 6) is 0.877. The topological polar surface area (TPSA) is 48.1 Å². The van der Waals surface area contributed by atoms with Gasteiger partial charge in [0.2, 0.25) is 0 Å². The normalized spacial score (nSPS) is 27.2. The first-order valence-electron chi connectivity index (χ1n) is 5.18. The van der Waals surface area contributed by atoms with Gasteiger partial charge >= 0.3 is 0 Å². The van der Waals surface area contributed by atoms with Gasteiger partial charge in [0.05, 0.1) is 0 Å². The number of nitrogens with two attached hydrogens (primary N) is 1. The third kappa shape index (κ3) is 2.23. The van der Waals surface area contributed by atoms with Crippen molar-refractivity contribution < 1.29 is 4.74 Å². The molecule has 0 unspecified atom stereocenters. The second kappa shape index (κ2) is 4.42. The first kappa shape index (κ1) is 9.46. The summed E-state index contributed by atoms with van der Waals surface area (Å²) >= 11 is 0. The molecule has 1 heterocycles. The van der Waals surface area contributed by atoms with E-state index in [2.05, 4.69) is 4.98 Å². The smallest absolute Gasteiger partial charge is 0.122 e. The molecule has 1 saturated carbocycles. The minimum atomic E-state index is 0.186. The summed E-state index contributed by atoms with van der Waals surface area (Å²) in [4.78, 5) is 3.95. The molecule has 2 N–H and O–H groups in total. The van der Waals surface area contributed by atoms with Crippen molar-refractivity contribution in [1.29, 1.82) is 0 Å². The van der Waals surface area contributed by atoms with Crippen LogP contribution in [-0.2, 0) is 0 Å². The molecule has 0 aromatic carbocycles. The molecular weight excluding hydrogens is 176 g/mol. The Morgan fingerprint density at radius 2 is 1.93 bits per heavy atom. The maximum absolute atomic E-state index is 5.99. The molecule has 0 saturated heterocycles. The predicted molar refractivity (Wildman–Crippen MR) is 55.1 cm³/mol. The van der Waals surface area contributed by atoms with Gasteiger partial charge in [-0.15, -0.1) is 0 Å². The molecule has 0 amide bonds. The monoisotopic (exact) mass is 192 g/mol.